The molecule has 0 spiro atoms. The van der Waals surface area contributed by atoms with Crippen molar-refractivity contribution in [1.29, 1.82) is 0 Å². The molecule has 0 unspecified atom stereocenters. The van der Waals surface area contributed by atoms with Crippen LogP contribution in [0.1, 0.15) is 0 Å². The lowest BCUT2D eigenvalue weighted by atomic mass is 10.3. The Balaban J connectivity index is 2.13. The molecule has 0 aromatic heterocycles. The molecule has 0 aliphatic carbocycles. The van der Waals surface area contributed by atoms with E-state index in [0.717, 1.165) is 17.0 Å². The molecule has 1 saturated heterocycles. The minimum Gasteiger partial charge on any atom is -0.342 e. The van der Waals surface area contributed by atoms with Crippen LogP contribution in [-0.4, -0.2) is 69.5 Å². The van der Waals surface area contributed by atoms with Gasteiger partial charge in [-0.2, -0.15) is 0 Å². The third-order valence-electron chi connectivity index (χ3n) is 3.59. The van der Waals surface area contributed by atoms with Crippen LogP contribution in [0.4, 0.5) is 5.69 Å². The Morgan fingerprint density at radius 3 is 2.48 bits per heavy atom. The number of hydrogen-bond donors (Lipinski definition) is 0. The molecule has 1 aromatic rings. The number of carbonyl (C=O) groups excluding carboxylic acids is 2. The third kappa shape index (κ3) is 4.59. The molecule has 1 aliphatic rings. The summed E-state index contributed by atoms with van der Waals surface area (Å²) in [6.45, 7) is 1.40. The first-order chi connectivity index (χ1) is 10.8. The van der Waals surface area contributed by atoms with E-state index in [1.54, 1.807) is 28.0 Å². The van der Waals surface area contributed by atoms with Gasteiger partial charge in [-0.25, -0.2) is 8.42 Å². The third-order valence-corrected chi connectivity index (χ3v) is 4.97. The number of amides is 2. The van der Waals surface area contributed by atoms with Gasteiger partial charge in [0.2, 0.25) is 22.3 Å². The lowest BCUT2D eigenvalue weighted by Crippen LogP contribution is -2.51. The van der Waals surface area contributed by atoms with Crippen LogP contribution in [0.25, 0.3) is 0 Å². The Morgan fingerprint density at radius 1 is 1.30 bits per heavy atom. The van der Waals surface area contributed by atoms with Crippen molar-refractivity contribution in [2.45, 2.75) is 0 Å². The fourth-order valence-electron chi connectivity index (χ4n) is 2.33. The highest BCUT2D eigenvalue weighted by Crippen LogP contribution is 2.22. The van der Waals surface area contributed by atoms with Crippen molar-refractivity contribution in [3.63, 3.8) is 0 Å². The van der Waals surface area contributed by atoms with E-state index in [2.05, 4.69) is 0 Å². The summed E-state index contributed by atoms with van der Waals surface area (Å²) in [5, 5.41) is 0.392. The number of rotatable bonds is 5. The van der Waals surface area contributed by atoms with Gasteiger partial charge < -0.3 is 9.80 Å². The number of sulfonamides is 1. The van der Waals surface area contributed by atoms with Crippen LogP contribution < -0.4 is 4.31 Å². The Labute approximate surface area is 140 Å². The summed E-state index contributed by atoms with van der Waals surface area (Å²) in [5.74, 6) is -0.305. The normalized spacial score (nSPS) is 15.4. The zero-order valence-electron chi connectivity index (χ0n) is 12.7. The molecule has 0 bridgehead atoms. The van der Waals surface area contributed by atoms with Gasteiger partial charge in [0.05, 0.1) is 11.9 Å². The van der Waals surface area contributed by atoms with E-state index in [0.29, 0.717) is 36.9 Å². The molecule has 9 heteroatoms. The summed E-state index contributed by atoms with van der Waals surface area (Å²) in [6.07, 6.45) is 1.79. The van der Waals surface area contributed by atoms with Gasteiger partial charge in [-0.15, -0.1) is 0 Å². The van der Waals surface area contributed by atoms with Crippen LogP contribution in [0.3, 0.4) is 0 Å². The highest BCUT2D eigenvalue weighted by molar-refractivity contribution is 7.92. The zero-order valence-corrected chi connectivity index (χ0v) is 14.3. The van der Waals surface area contributed by atoms with Gasteiger partial charge in [0.1, 0.15) is 6.54 Å². The number of piperazine rings is 1. The van der Waals surface area contributed by atoms with Crippen molar-refractivity contribution in [2.24, 2.45) is 0 Å². The quantitative estimate of drug-likeness (QED) is 0.713. The van der Waals surface area contributed by atoms with Gasteiger partial charge in [0.25, 0.3) is 0 Å². The first-order valence-electron chi connectivity index (χ1n) is 7.01. The summed E-state index contributed by atoms with van der Waals surface area (Å²) in [4.78, 5) is 26.2. The van der Waals surface area contributed by atoms with Crippen LogP contribution >= 0.6 is 11.6 Å². The molecule has 7 nitrogen and oxygen atoms in total. The number of anilines is 1. The van der Waals surface area contributed by atoms with Crippen molar-refractivity contribution in [2.75, 3.05) is 43.3 Å². The number of carbonyl (C=O) groups is 2. The first-order valence-corrected chi connectivity index (χ1v) is 9.24. The van der Waals surface area contributed by atoms with Crippen LogP contribution in [0.15, 0.2) is 24.3 Å². The van der Waals surface area contributed by atoms with Crippen LogP contribution in [0.2, 0.25) is 5.02 Å². The fraction of sp³-hybridized carbons (Fsp3) is 0.429. The first kappa shape index (κ1) is 17.6. The molecule has 0 radical (unpaired) electrons. The van der Waals surface area contributed by atoms with Gasteiger partial charge in [-0.1, -0.05) is 17.7 Å². The molecule has 1 aliphatic heterocycles. The summed E-state index contributed by atoms with van der Waals surface area (Å²) < 4.78 is 25.1. The van der Waals surface area contributed by atoms with Crippen molar-refractivity contribution in [3.05, 3.63) is 29.3 Å². The lowest BCUT2D eigenvalue weighted by Gasteiger charge is -2.34. The maximum atomic E-state index is 12.4. The Morgan fingerprint density at radius 2 is 1.96 bits per heavy atom. The van der Waals surface area contributed by atoms with E-state index in [4.69, 9.17) is 11.6 Å². The van der Waals surface area contributed by atoms with Gasteiger partial charge in [-0.3, -0.25) is 13.9 Å². The second-order valence-corrected chi connectivity index (χ2v) is 7.61. The minimum absolute atomic E-state index is 0.291. The molecule has 23 heavy (non-hydrogen) atoms. The number of benzene rings is 1. The van der Waals surface area contributed by atoms with Crippen LogP contribution in [0, 0.1) is 0 Å². The molecule has 1 fully saturated rings. The standard InChI is InChI=1S/C14H18ClN3O4S/c1-23(21,22)18(13-4-2-3-12(15)9-13)10-14(20)17-7-5-16(11-19)6-8-17/h2-4,9,11H,5-8,10H2,1H3. The maximum Gasteiger partial charge on any atom is 0.243 e. The average Bonchev–Trinajstić information content (AvgIpc) is 2.51. The molecule has 0 saturated carbocycles. The van der Waals surface area contributed by atoms with Crippen LogP contribution in [0.5, 0.6) is 0 Å². The molecule has 2 amide bonds. The van der Waals surface area contributed by atoms with Crippen molar-refractivity contribution < 1.29 is 18.0 Å². The fourth-order valence-corrected chi connectivity index (χ4v) is 3.36. The topological polar surface area (TPSA) is 78.0 Å². The smallest absolute Gasteiger partial charge is 0.243 e. The molecule has 1 aromatic carbocycles. The molecule has 2 rings (SSSR count). The minimum atomic E-state index is -3.62. The van der Waals surface area contributed by atoms with E-state index in [9.17, 15) is 18.0 Å². The SMILES string of the molecule is CS(=O)(=O)N(CC(=O)N1CCN(C=O)CC1)c1cccc(Cl)c1. The maximum absolute atomic E-state index is 12.4. The average molecular weight is 360 g/mol. The summed E-state index contributed by atoms with van der Waals surface area (Å²) >= 11 is 5.90. The second-order valence-electron chi connectivity index (χ2n) is 5.27. The lowest BCUT2D eigenvalue weighted by molar-refractivity contribution is -0.133. The molecular formula is C14H18ClN3O4S. The van der Waals surface area contributed by atoms with E-state index < -0.39 is 10.0 Å². The molecule has 126 valence electrons. The number of hydrogen-bond acceptors (Lipinski definition) is 4. The zero-order chi connectivity index (χ0) is 17.0. The van der Waals surface area contributed by atoms with Crippen molar-refractivity contribution in [1.82, 2.24) is 9.80 Å². The van der Waals surface area contributed by atoms with E-state index in [-0.39, 0.29) is 12.5 Å². The molecule has 1 heterocycles. The molecule has 0 atom stereocenters. The number of halogens is 1. The Kier molecular flexibility index (Phi) is 5.48. The molecule has 0 N–H and O–H groups in total. The summed E-state index contributed by atoms with van der Waals surface area (Å²) in [5.41, 5.74) is 0.347. The van der Waals surface area contributed by atoms with Gasteiger partial charge >= 0.3 is 0 Å². The largest absolute Gasteiger partial charge is 0.342 e. The predicted molar refractivity (Wildman–Crippen MR) is 87.9 cm³/mol. The predicted octanol–water partition coefficient (Wildman–Crippen LogP) is 0.407. The summed E-state index contributed by atoms with van der Waals surface area (Å²) in [7, 11) is -3.62. The van der Waals surface area contributed by atoms with Crippen molar-refractivity contribution in [3.8, 4) is 0 Å². The Bertz CT molecular complexity index is 687. The second kappa shape index (κ2) is 7.18. The highest BCUT2D eigenvalue weighted by atomic mass is 35.5. The monoisotopic (exact) mass is 359 g/mol. The highest BCUT2D eigenvalue weighted by Gasteiger charge is 2.26. The van der Waals surface area contributed by atoms with E-state index >= 15 is 0 Å². The van der Waals surface area contributed by atoms with E-state index in [1.807, 2.05) is 0 Å². The number of nitrogens with zero attached hydrogens (tertiary/aromatic N) is 3. The molecular weight excluding hydrogens is 342 g/mol. The van der Waals surface area contributed by atoms with Gasteiger partial charge in [0, 0.05) is 31.2 Å². The van der Waals surface area contributed by atoms with E-state index in [1.165, 1.54) is 6.07 Å². The Hall–Kier alpha value is -1.80. The summed E-state index contributed by atoms with van der Waals surface area (Å²) in [6, 6.07) is 6.35. The van der Waals surface area contributed by atoms with Crippen LogP contribution in [-0.2, 0) is 19.6 Å². The van der Waals surface area contributed by atoms with Crippen molar-refractivity contribution >= 4 is 39.6 Å². The van der Waals surface area contributed by atoms with Gasteiger partial charge in [0.15, 0.2) is 0 Å². The van der Waals surface area contributed by atoms with Gasteiger partial charge in [-0.05, 0) is 18.2 Å².